The molecule has 0 spiro atoms. The molecule has 10 heteroatoms. The van der Waals surface area contributed by atoms with Crippen molar-refractivity contribution in [3.8, 4) is 0 Å². The van der Waals surface area contributed by atoms with Crippen molar-refractivity contribution < 1.29 is 35.9 Å². The predicted molar refractivity (Wildman–Crippen MR) is 86.0 cm³/mol. The Hall–Kier alpha value is -2.52. The minimum Gasteiger partial charge on any atom is -0.327 e. The third-order valence-corrected chi connectivity index (χ3v) is 4.68. The zero-order valence-corrected chi connectivity index (χ0v) is 14.5. The van der Waals surface area contributed by atoms with Crippen molar-refractivity contribution in [1.82, 2.24) is 9.80 Å². The first-order valence-electron chi connectivity index (χ1n) is 8.40. The largest absolute Gasteiger partial charge is 0.416 e. The summed E-state index contributed by atoms with van der Waals surface area (Å²) in [6, 6.07) is 2.89. The summed E-state index contributed by atoms with van der Waals surface area (Å²) in [4.78, 5) is 25.9. The van der Waals surface area contributed by atoms with Gasteiger partial charge in [-0.2, -0.15) is 13.2 Å². The summed E-state index contributed by atoms with van der Waals surface area (Å²) >= 11 is 0. The number of amides is 2. The molecule has 0 radical (unpaired) electrons. The molecule has 0 N–H and O–H groups in total. The fourth-order valence-electron chi connectivity index (χ4n) is 3.22. The van der Waals surface area contributed by atoms with Crippen LogP contribution in [0.4, 0.5) is 26.3 Å². The molecule has 0 bridgehead atoms. The van der Waals surface area contributed by atoms with E-state index in [0.717, 1.165) is 34.2 Å². The number of likely N-dealkylation sites (tertiary alicyclic amines) is 2. The third-order valence-electron chi connectivity index (χ3n) is 4.68. The summed E-state index contributed by atoms with van der Waals surface area (Å²) in [5.41, 5.74) is -0.950. The van der Waals surface area contributed by atoms with Crippen LogP contribution in [0, 0.1) is 0 Å². The second kappa shape index (κ2) is 7.14. The quantitative estimate of drug-likeness (QED) is 0.568. The van der Waals surface area contributed by atoms with Gasteiger partial charge in [0, 0.05) is 31.2 Å². The number of carbonyl (C=O) groups is 2. The normalized spacial score (nSPS) is 22.1. The van der Waals surface area contributed by atoms with Gasteiger partial charge in [-0.3, -0.25) is 9.59 Å². The molecule has 2 heterocycles. The van der Waals surface area contributed by atoms with Crippen molar-refractivity contribution in [3.05, 3.63) is 47.2 Å². The summed E-state index contributed by atoms with van der Waals surface area (Å²) in [6.07, 6.45) is -2.62. The standard InChI is InChI=1S/C18H16F6N2O2/c19-7-11-3-12(5-14(4-11)18(22,23)24)13-6-16(28)25(8-13)2-1-15(27)26-9-17(20,21)10-26/h1-5,13H,6-10H2/b2-1+. The first kappa shape index (κ1) is 20.2. The summed E-state index contributed by atoms with van der Waals surface area (Å²) in [5, 5.41) is 0. The van der Waals surface area contributed by atoms with Crippen LogP contribution in [0.5, 0.6) is 0 Å². The van der Waals surface area contributed by atoms with Crippen LogP contribution < -0.4 is 0 Å². The van der Waals surface area contributed by atoms with E-state index in [1.54, 1.807) is 0 Å². The highest BCUT2D eigenvalue weighted by atomic mass is 19.4. The zero-order chi connectivity index (χ0) is 20.7. The Morgan fingerprint density at radius 1 is 1.21 bits per heavy atom. The van der Waals surface area contributed by atoms with Gasteiger partial charge >= 0.3 is 6.18 Å². The first-order valence-corrected chi connectivity index (χ1v) is 8.40. The second-order valence-corrected chi connectivity index (χ2v) is 6.91. The second-order valence-electron chi connectivity index (χ2n) is 6.91. The summed E-state index contributed by atoms with van der Waals surface area (Å²) in [5.74, 6) is -4.62. The van der Waals surface area contributed by atoms with E-state index in [4.69, 9.17) is 0 Å². The number of rotatable bonds is 4. The molecule has 152 valence electrons. The van der Waals surface area contributed by atoms with Crippen LogP contribution in [0.15, 0.2) is 30.5 Å². The first-order chi connectivity index (χ1) is 13.0. The Morgan fingerprint density at radius 2 is 1.89 bits per heavy atom. The number of halogens is 6. The highest BCUT2D eigenvalue weighted by Crippen LogP contribution is 2.35. The highest BCUT2D eigenvalue weighted by Gasteiger charge is 2.45. The number of hydrogen-bond acceptors (Lipinski definition) is 2. The molecule has 1 unspecified atom stereocenters. The van der Waals surface area contributed by atoms with Crippen molar-refractivity contribution in [2.45, 2.75) is 31.1 Å². The summed E-state index contributed by atoms with van der Waals surface area (Å²) in [6.45, 7) is -2.45. The van der Waals surface area contributed by atoms with Gasteiger partial charge in [0.2, 0.25) is 11.8 Å². The van der Waals surface area contributed by atoms with Gasteiger partial charge in [-0.15, -0.1) is 0 Å². The molecule has 1 atom stereocenters. The van der Waals surface area contributed by atoms with Gasteiger partial charge in [-0.05, 0) is 23.3 Å². The van der Waals surface area contributed by atoms with Crippen LogP contribution in [-0.4, -0.2) is 47.2 Å². The van der Waals surface area contributed by atoms with E-state index in [0.29, 0.717) is 0 Å². The van der Waals surface area contributed by atoms with Gasteiger partial charge in [-0.1, -0.05) is 6.07 Å². The smallest absolute Gasteiger partial charge is 0.327 e. The van der Waals surface area contributed by atoms with E-state index < -0.39 is 55.2 Å². The molecule has 2 amide bonds. The molecule has 2 aliphatic heterocycles. The van der Waals surface area contributed by atoms with Crippen LogP contribution in [0.25, 0.3) is 0 Å². The lowest BCUT2D eigenvalue weighted by Crippen LogP contribution is -2.58. The van der Waals surface area contributed by atoms with Crippen molar-refractivity contribution >= 4 is 11.8 Å². The molecule has 0 saturated carbocycles. The van der Waals surface area contributed by atoms with Crippen LogP contribution in [0.3, 0.4) is 0 Å². The number of nitrogens with zero attached hydrogens (tertiary/aromatic N) is 2. The molecule has 28 heavy (non-hydrogen) atoms. The van der Waals surface area contributed by atoms with Crippen LogP contribution in [0.1, 0.15) is 29.0 Å². The van der Waals surface area contributed by atoms with Crippen molar-refractivity contribution in [3.63, 3.8) is 0 Å². The van der Waals surface area contributed by atoms with Gasteiger partial charge in [0.25, 0.3) is 5.92 Å². The van der Waals surface area contributed by atoms with Crippen molar-refractivity contribution in [2.75, 3.05) is 19.6 Å². The lowest BCUT2D eigenvalue weighted by Gasteiger charge is -2.38. The van der Waals surface area contributed by atoms with Crippen LogP contribution in [-0.2, 0) is 22.4 Å². The highest BCUT2D eigenvalue weighted by molar-refractivity contribution is 5.89. The lowest BCUT2D eigenvalue weighted by molar-refractivity contribution is -0.160. The summed E-state index contributed by atoms with van der Waals surface area (Å²) in [7, 11) is 0. The fourth-order valence-corrected chi connectivity index (χ4v) is 3.22. The topological polar surface area (TPSA) is 40.6 Å². The van der Waals surface area contributed by atoms with Gasteiger partial charge in [0.1, 0.15) is 6.67 Å². The molecule has 1 aromatic carbocycles. The minimum absolute atomic E-state index is 0.00576. The van der Waals surface area contributed by atoms with E-state index in [2.05, 4.69) is 0 Å². The molecule has 4 nitrogen and oxygen atoms in total. The molecule has 1 aromatic rings. The van der Waals surface area contributed by atoms with E-state index in [9.17, 15) is 35.9 Å². The molecular weight excluding hydrogens is 390 g/mol. The van der Waals surface area contributed by atoms with E-state index in [1.807, 2.05) is 0 Å². The fraction of sp³-hybridized carbons (Fsp3) is 0.444. The molecule has 2 fully saturated rings. The number of alkyl halides is 6. The average Bonchev–Trinajstić information content (AvgIpc) is 2.97. The predicted octanol–water partition coefficient (Wildman–Crippen LogP) is 3.48. The summed E-state index contributed by atoms with van der Waals surface area (Å²) < 4.78 is 77.5. The zero-order valence-electron chi connectivity index (χ0n) is 14.5. The van der Waals surface area contributed by atoms with Gasteiger partial charge in [-0.25, -0.2) is 13.2 Å². The van der Waals surface area contributed by atoms with E-state index in [-0.39, 0.29) is 24.1 Å². The van der Waals surface area contributed by atoms with Crippen LogP contribution >= 0.6 is 0 Å². The number of carbonyl (C=O) groups excluding carboxylic acids is 2. The maximum absolute atomic E-state index is 13.0. The van der Waals surface area contributed by atoms with E-state index >= 15 is 0 Å². The Kier molecular flexibility index (Phi) is 5.16. The van der Waals surface area contributed by atoms with Gasteiger partial charge in [0.05, 0.1) is 18.7 Å². The maximum atomic E-state index is 13.0. The Bertz CT molecular complexity index is 813. The number of hydrogen-bond donors (Lipinski definition) is 0. The minimum atomic E-state index is -4.65. The van der Waals surface area contributed by atoms with Gasteiger partial charge in [0.15, 0.2) is 0 Å². The lowest BCUT2D eigenvalue weighted by atomic mass is 9.94. The Morgan fingerprint density at radius 3 is 2.46 bits per heavy atom. The molecule has 2 saturated heterocycles. The third kappa shape index (κ3) is 4.31. The van der Waals surface area contributed by atoms with Gasteiger partial charge < -0.3 is 9.80 Å². The monoisotopic (exact) mass is 406 g/mol. The van der Waals surface area contributed by atoms with Crippen molar-refractivity contribution in [2.24, 2.45) is 0 Å². The Labute approximate surface area is 156 Å². The molecule has 0 aliphatic carbocycles. The number of benzene rings is 1. The van der Waals surface area contributed by atoms with Crippen LogP contribution in [0.2, 0.25) is 0 Å². The molecule has 2 aliphatic rings. The average molecular weight is 406 g/mol. The maximum Gasteiger partial charge on any atom is 0.416 e. The molecule has 3 rings (SSSR count). The SMILES string of the molecule is O=C1CC(c2cc(CF)cc(C(F)(F)F)c2)CN1/C=C/C(=O)N1CC(F)(F)C1. The molecule has 0 aromatic heterocycles. The Balaban J connectivity index is 1.71. The van der Waals surface area contributed by atoms with E-state index in [1.165, 1.54) is 6.07 Å². The molecular formula is C18H16F6N2O2. The van der Waals surface area contributed by atoms with Crippen molar-refractivity contribution in [1.29, 1.82) is 0 Å².